The molecule has 1 heterocycles. The van der Waals surface area contributed by atoms with Crippen molar-refractivity contribution < 1.29 is 14.3 Å². The molecule has 0 saturated heterocycles. The van der Waals surface area contributed by atoms with Crippen LogP contribution in [0.4, 0.5) is 10.5 Å². The van der Waals surface area contributed by atoms with Crippen LogP contribution in [-0.2, 0) is 0 Å². The number of hydrogen-bond acceptors (Lipinski definition) is 4. The van der Waals surface area contributed by atoms with Crippen molar-refractivity contribution in [3.05, 3.63) is 119 Å². The van der Waals surface area contributed by atoms with Crippen LogP contribution in [0.2, 0.25) is 5.02 Å². The average molecular weight is 526 g/mol. The fraction of sp³-hybridized carbons (Fsp3) is 0.161. The van der Waals surface area contributed by atoms with Crippen LogP contribution in [0.5, 0.6) is 17.2 Å². The van der Waals surface area contributed by atoms with E-state index < -0.39 is 0 Å². The molecule has 2 amide bonds. The number of hydrogen-bond donors (Lipinski definition) is 1. The lowest BCUT2D eigenvalue weighted by Crippen LogP contribution is -2.30. The molecule has 0 bridgehead atoms. The minimum Gasteiger partial charge on any atom is -0.491 e. The summed E-state index contributed by atoms with van der Waals surface area (Å²) in [6, 6.07) is 32.0. The molecule has 192 valence electrons. The lowest BCUT2D eigenvalue weighted by molar-refractivity contribution is 0.218. The van der Waals surface area contributed by atoms with E-state index in [-0.39, 0.29) is 18.1 Å². The van der Waals surface area contributed by atoms with Gasteiger partial charge in [0.2, 0.25) is 0 Å². The third-order valence-corrected chi connectivity index (χ3v) is 6.28. The molecule has 1 unspecified atom stereocenters. The van der Waals surface area contributed by atoms with E-state index in [9.17, 15) is 4.79 Å². The fourth-order valence-corrected chi connectivity index (χ4v) is 4.37. The molecule has 1 aliphatic rings. The molecule has 1 atom stereocenters. The molecule has 0 radical (unpaired) electrons. The van der Waals surface area contributed by atoms with E-state index in [1.54, 1.807) is 12.1 Å². The summed E-state index contributed by atoms with van der Waals surface area (Å²) in [5.41, 5.74) is 3.51. The molecule has 7 heteroatoms. The van der Waals surface area contributed by atoms with E-state index in [1.807, 2.05) is 92.7 Å². The molecule has 1 N–H and O–H groups in total. The van der Waals surface area contributed by atoms with Gasteiger partial charge < -0.3 is 14.8 Å². The number of nitrogens with zero attached hydrogens (tertiary/aromatic N) is 2. The zero-order valence-electron chi connectivity index (χ0n) is 21.2. The summed E-state index contributed by atoms with van der Waals surface area (Å²) in [5.74, 6) is 2.11. The Bertz CT molecular complexity index is 1400. The number of ether oxygens (including phenoxy) is 2. The van der Waals surface area contributed by atoms with Crippen molar-refractivity contribution in [2.24, 2.45) is 5.10 Å². The van der Waals surface area contributed by atoms with Crippen molar-refractivity contribution in [2.75, 3.05) is 11.9 Å². The molecule has 0 aliphatic carbocycles. The van der Waals surface area contributed by atoms with Crippen molar-refractivity contribution in [2.45, 2.75) is 25.9 Å². The summed E-state index contributed by atoms with van der Waals surface area (Å²) < 4.78 is 11.6. The molecule has 4 aromatic carbocycles. The number of urea groups is 1. The van der Waals surface area contributed by atoms with Gasteiger partial charge in [-0.3, -0.25) is 0 Å². The normalized spacial score (nSPS) is 14.8. The zero-order chi connectivity index (χ0) is 26.5. The van der Waals surface area contributed by atoms with Gasteiger partial charge >= 0.3 is 6.03 Å². The number of nitrogens with one attached hydrogen (secondary N) is 1. The van der Waals surface area contributed by atoms with Crippen LogP contribution in [0.1, 0.15) is 30.9 Å². The second kappa shape index (κ2) is 11.4. The van der Waals surface area contributed by atoms with Gasteiger partial charge in [0.25, 0.3) is 0 Å². The van der Waals surface area contributed by atoms with Crippen molar-refractivity contribution in [3.8, 4) is 17.2 Å². The van der Waals surface area contributed by atoms with Gasteiger partial charge in [0.05, 0.1) is 18.4 Å². The lowest BCUT2D eigenvalue weighted by atomic mass is 9.91. The largest absolute Gasteiger partial charge is 0.491 e. The van der Waals surface area contributed by atoms with Crippen LogP contribution >= 0.6 is 11.6 Å². The second-order valence-electron chi connectivity index (χ2n) is 9.23. The Kier molecular flexibility index (Phi) is 7.61. The Morgan fingerprint density at radius 3 is 2.11 bits per heavy atom. The Labute approximate surface area is 227 Å². The summed E-state index contributed by atoms with van der Waals surface area (Å²) >= 11 is 6.09. The molecule has 5 rings (SSSR count). The summed E-state index contributed by atoms with van der Waals surface area (Å²) in [4.78, 5) is 13.2. The van der Waals surface area contributed by atoms with E-state index >= 15 is 0 Å². The van der Waals surface area contributed by atoms with Gasteiger partial charge in [0.15, 0.2) is 0 Å². The smallest absolute Gasteiger partial charge is 0.342 e. The minimum absolute atomic E-state index is 0.0452. The Morgan fingerprint density at radius 2 is 1.47 bits per heavy atom. The van der Waals surface area contributed by atoms with Crippen molar-refractivity contribution >= 4 is 29.0 Å². The van der Waals surface area contributed by atoms with Crippen LogP contribution in [-0.4, -0.2) is 29.4 Å². The Hall–Kier alpha value is -4.29. The van der Waals surface area contributed by atoms with E-state index in [2.05, 4.69) is 17.4 Å². The standard InChI is InChI=1S/C31H28ClN3O3/c1-21(2)37-26-16-18-28(19-17-26)38-27-14-12-25(13-15-27)33-31(36)35-20-29(22-6-4-3-5-7-22)30(34-35)23-8-10-24(32)11-9-23/h3-19,21,29H,20H2,1-2H3,(H,33,36). The first-order valence-electron chi connectivity index (χ1n) is 12.5. The van der Waals surface area contributed by atoms with Gasteiger partial charge in [-0.15, -0.1) is 0 Å². The number of anilines is 1. The molecule has 0 fully saturated rings. The van der Waals surface area contributed by atoms with E-state index in [0.29, 0.717) is 28.8 Å². The maximum Gasteiger partial charge on any atom is 0.342 e. The van der Waals surface area contributed by atoms with Crippen LogP contribution in [0, 0.1) is 0 Å². The number of benzene rings is 4. The quantitative estimate of drug-likeness (QED) is 0.266. The van der Waals surface area contributed by atoms with Crippen molar-refractivity contribution in [1.82, 2.24) is 5.01 Å². The predicted molar refractivity (Wildman–Crippen MR) is 152 cm³/mol. The van der Waals surface area contributed by atoms with Gasteiger partial charge in [-0.1, -0.05) is 54.1 Å². The summed E-state index contributed by atoms with van der Waals surface area (Å²) in [7, 11) is 0. The highest BCUT2D eigenvalue weighted by Gasteiger charge is 2.32. The molecule has 38 heavy (non-hydrogen) atoms. The van der Waals surface area contributed by atoms with Crippen LogP contribution < -0.4 is 14.8 Å². The molecule has 0 saturated carbocycles. The van der Waals surface area contributed by atoms with Gasteiger partial charge in [-0.25, -0.2) is 9.80 Å². The SMILES string of the molecule is CC(C)Oc1ccc(Oc2ccc(NC(=O)N3CC(c4ccccc4)C(c4ccc(Cl)cc4)=N3)cc2)cc1. The predicted octanol–water partition coefficient (Wildman–Crippen LogP) is 7.96. The monoisotopic (exact) mass is 525 g/mol. The van der Waals surface area contributed by atoms with Crippen LogP contribution in [0.25, 0.3) is 0 Å². The Balaban J connectivity index is 1.26. The first-order valence-corrected chi connectivity index (χ1v) is 12.8. The summed E-state index contributed by atoms with van der Waals surface area (Å²) in [5, 5.41) is 9.77. The first kappa shape index (κ1) is 25.4. The highest BCUT2D eigenvalue weighted by molar-refractivity contribution is 6.30. The fourth-order valence-electron chi connectivity index (χ4n) is 4.25. The highest BCUT2D eigenvalue weighted by atomic mass is 35.5. The van der Waals surface area contributed by atoms with Gasteiger partial charge in [0.1, 0.15) is 17.2 Å². The maximum absolute atomic E-state index is 13.2. The number of halogens is 1. The van der Waals surface area contributed by atoms with Gasteiger partial charge in [0, 0.05) is 16.6 Å². The second-order valence-corrected chi connectivity index (χ2v) is 9.67. The number of rotatable bonds is 7. The summed E-state index contributed by atoms with van der Waals surface area (Å²) in [6.07, 6.45) is 0.115. The zero-order valence-corrected chi connectivity index (χ0v) is 21.9. The number of hydrazone groups is 1. The van der Waals surface area contributed by atoms with Crippen molar-refractivity contribution in [3.63, 3.8) is 0 Å². The molecule has 6 nitrogen and oxygen atoms in total. The molecule has 1 aliphatic heterocycles. The van der Waals surface area contributed by atoms with E-state index in [0.717, 1.165) is 22.6 Å². The number of amides is 2. The first-order chi connectivity index (χ1) is 18.4. The van der Waals surface area contributed by atoms with E-state index in [4.69, 9.17) is 26.2 Å². The van der Waals surface area contributed by atoms with Crippen LogP contribution in [0.3, 0.4) is 0 Å². The third-order valence-electron chi connectivity index (χ3n) is 6.03. The van der Waals surface area contributed by atoms with Gasteiger partial charge in [-0.2, -0.15) is 5.10 Å². The molecule has 0 spiro atoms. The average Bonchev–Trinajstić information content (AvgIpc) is 3.37. The molecule has 4 aromatic rings. The lowest BCUT2D eigenvalue weighted by Gasteiger charge is -2.16. The topological polar surface area (TPSA) is 63.2 Å². The molecule has 0 aromatic heterocycles. The number of carbonyl (C=O) groups excluding carboxylic acids is 1. The Morgan fingerprint density at radius 1 is 0.868 bits per heavy atom. The minimum atomic E-state index is -0.302. The summed E-state index contributed by atoms with van der Waals surface area (Å²) in [6.45, 7) is 4.41. The third kappa shape index (κ3) is 6.15. The highest BCUT2D eigenvalue weighted by Crippen LogP contribution is 2.30. The van der Waals surface area contributed by atoms with Crippen LogP contribution in [0.15, 0.2) is 108 Å². The maximum atomic E-state index is 13.2. The van der Waals surface area contributed by atoms with E-state index in [1.165, 1.54) is 5.01 Å². The van der Waals surface area contributed by atoms with Gasteiger partial charge in [-0.05, 0) is 85.6 Å². The molecular formula is C31H28ClN3O3. The number of carbonyl (C=O) groups is 1. The molecular weight excluding hydrogens is 498 g/mol. The van der Waals surface area contributed by atoms with Crippen molar-refractivity contribution in [1.29, 1.82) is 0 Å².